The van der Waals surface area contributed by atoms with Gasteiger partial charge in [0.25, 0.3) is 0 Å². The highest BCUT2D eigenvalue weighted by atomic mass is 16.1. The Kier molecular flexibility index (Phi) is 3.81. The third kappa shape index (κ3) is 2.43. The molecule has 2 aromatic rings. The summed E-state index contributed by atoms with van der Waals surface area (Å²) in [6.45, 7) is 4.15. The van der Waals surface area contributed by atoms with Crippen LogP contribution < -0.4 is 0 Å². The fourth-order valence-electron chi connectivity index (χ4n) is 3.01. The van der Waals surface area contributed by atoms with E-state index >= 15 is 0 Å². The third-order valence-corrected chi connectivity index (χ3v) is 4.12. The predicted octanol–water partition coefficient (Wildman–Crippen LogP) is 3.58. The Hall–Kier alpha value is -2.41. The van der Waals surface area contributed by atoms with Crippen molar-refractivity contribution in [3.05, 3.63) is 46.8 Å². The number of hydrogen-bond donors (Lipinski definition) is 0. The molecule has 0 amide bonds. The van der Waals surface area contributed by atoms with Crippen LogP contribution in [0.1, 0.15) is 59.9 Å². The highest BCUT2D eigenvalue weighted by molar-refractivity contribution is 5.99. The zero-order valence-electron chi connectivity index (χ0n) is 13.0. The van der Waals surface area contributed by atoms with Gasteiger partial charge in [-0.3, -0.25) is 4.79 Å². The van der Waals surface area contributed by atoms with Crippen LogP contribution in [0.15, 0.2) is 24.3 Å². The molecule has 1 heterocycles. The Balaban J connectivity index is 2.09. The first kappa shape index (κ1) is 14.5. The van der Waals surface area contributed by atoms with Crippen molar-refractivity contribution in [2.75, 3.05) is 0 Å². The second kappa shape index (κ2) is 5.76. The maximum Gasteiger partial charge on any atom is 0.166 e. The summed E-state index contributed by atoms with van der Waals surface area (Å²) in [5, 5.41) is 13.5. The summed E-state index contributed by atoms with van der Waals surface area (Å²) in [4.78, 5) is 12.3. The van der Waals surface area contributed by atoms with Gasteiger partial charge < -0.3 is 0 Å². The minimum Gasteiger partial charge on any atom is -0.294 e. The quantitative estimate of drug-likeness (QED) is 0.869. The van der Waals surface area contributed by atoms with Gasteiger partial charge >= 0.3 is 0 Å². The van der Waals surface area contributed by atoms with E-state index in [2.05, 4.69) is 19.9 Å². The molecule has 0 spiro atoms. The van der Waals surface area contributed by atoms with Gasteiger partial charge in [-0.2, -0.15) is 10.4 Å². The highest BCUT2D eigenvalue weighted by Gasteiger charge is 2.28. The van der Waals surface area contributed by atoms with Crippen LogP contribution in [0.4, 0.5) is 0 Å². The van der Waals surface area contributed by atoms with Crippen LogP contribution in [0.25, 0.3) is 5.69 Å². The zero-order chi connectivity index (χ0) is 15.7. The third-order valence-electron chi connectivity index (χ3n) is 4.12. The molecule has 4 nitrogen and oxygen atoms in total. The summed E-state index contributed by atoms with van der Waals surface area (Å²) in [5.74, 6) is 0.451. The van der Waals surface area contributed by atoms with Crippen molar-refractivity contribution in [1.82, 2.24) is 9.78 Å². The number of carbonyl (C=O) groups excluding carboxylic acids is 1. The van der Waals surface area contributed by atoms with Gasteiger partial charge in [-0.25, -0.2) is 4.68 Å². The standard InChI is InChI=1S/C18H19N3O/c1-12(2)18-17-15(4-3-5-16(17)22)21(20-18)14-8-6-13(7-9-14)10-11-19/h6-9,12H,3-5,10H2,1-2H3. The molecule has 0 N–H and O–H groups in total. The molecule has 22 heavy (non-hydrogen) atoms. The molecular weight excluding hydrogens is 274 g/mol. The Morgan fingerprint density at radius 2 is 2.00 bits per heavy atom. The van der Waals surface area contributed by atoms with Crippen LogP contribution >= 0.6 is 0 Å². The van der Waals surface area contributed by atoms with Gasteiger partial charge in [0.1, 0.15) is 0 Å². The van der Waals surface area contributed by atoms with Gasteiger partial charge in [0.2, 0.25) is 0 Å². The summed E-state index contributed by atoms with van der Waals surface area (Å²) < 4.78 is 1.91. The number of Topliss-reactive ketones (excluding diaryl/α,β-unsaturated/α-hetero) is 1. The van der Waals surface area contributed by atoms with Crippen LogP contribution in [0, 0.1) is 11.3 Å². The Morgan fingerprint density at radius 3 is 2.64 bits per heavy atom. The second-order valence-corrected chi connectivity index (χ2v) is 6.05. The molecule has 0 fully saturated rings. The van der Waals surface area contributed by atoms with Crippen LogP contribution in [0.5, 0.6) is 0 Å². The molecule has 0 radical (unpaired) electrons. The van der Waals surface area contributed by atoms with Gasteiger partial charge in [-0.1, -0.05) is 26.0 Å². The Labute approximate surface area is 130 Å². The summed E-state index contributed by atoms with van der Waals surface area (Å²) >= 11 is 0. The van der Waals surface area contributed by atoms with Crippen molar-refractivity contribution >= 4 is 5.78 Å². The largest absolute Gasteiger partial charge is 0.294 e. The number of fused-ring (bicyclic) bond motifs is 1. The van der Waals surface area contributed by atoms with Crippen molar-refractivity contribution in [3.63, 3.8) is 0 Å². The van der Waals surface area contributed by atoms with Crippen molar-refractivity contribution in [2.24, 2.45) is 0 Å². The van der Waals surface area contributed by atoms with E-state index in [0.717, 1.165) is 41.0 Å². The normalized spacial score (nSPS) is 14.0. The maximum atomic E-state index is 12.3. The van der Waals surface area contributed by atoms with E-state index < -0.39 is 0 Å². The number of nitriles is 1. The first-order valence-corrected chi connectivity index (χ1v) is 7.73. The molecule has 0 saturated carbocycles. The van der Waals surface area contributed by atoms with Crippen molar-refractivity contribution < 1.29 is 4.79 Å². The van der Waals surface area contributed by atoms with E-state index in [1.165, 1.54) is 0 Å². The number of hydrogen-bond acceptors (Lipinski definition) is 3. The average molecular weight is 293 g/mol. The molecule has 0 saturated heterocycles. The van der Waals surface area contributed by atoms with E-state index in [0.29, 0.717) is 12.8 Å². The molecule has 1 aliphatic rings. The number of rotatable bonds is 3. The van der Waals surface area contributed by atoms with Crippen LogP contribution in [0.3, 0.4) is 0 Å². The van der Waals surface area contributed by atoms with E-state index in [1.807, 2.05) is 28.9 Å². The number of nitrogens with zero attached hydrogens (tertiary/aromatic N) is 3. The molecule has 0 aliphatic heterocycles. The van der Waals surface area contributed by atoms with Crippen molar-refractivity contribution in [1.29, 1.82) is 5.26 Å². The van der Waals surface area contributed by atoms with Gasteiger partial charge in [0, 0.05) is 6.42 Å². The van der Waals surface area contributed by atoms with Crippen molar-refractivity contribution in [2.45, 2.75) is 45.4 Å². The van der Waals surface area contributed by atoms with Crippen molar-refractivity contribution in [3.8, 4) is 11.8 Å². The molecule has 0 bridgehead atoms. The fourth-order valence-corrected chi connectivity index (χ4v) is 3.01. The molecule has 1 aromatic carbocycles. The topological polar surface area (TPSA) is 58.7 Å². The molecule has 3 rings (SSSR count). The summed E-state index contributed by atoms with van der Waals surface area (Å²) in [6, 6.07) is 10.0. The average Bonchev–Trinajstić information content (AvgIpc) is 2.90. The number of benzene rings is 1. The van der Waals surface area contributed by atoms with Crippen LogP contribution in [-0.4, -0.2) is 15.6 Å². The second-order valence-electron chi connectivity index (χ2n) is 6.05. The van der Waals surface area contributed by atoms with Crippen LogP contribution in [-0.2, 0) is 12.8 Å². The van der Waals surface area contributed by atoms with Crippen LogP contribution in [0.2, 0.25) is 0 Å². The lowest BCUT2D eigenvalue weighted by molar-refractivity contribution is 0.0971. The lowest BCUT2D eigenvalue weighted by Crippen LogP contribution is -2.13. The fraction of sp³-hybridized carbons (Fsp3) is 0.389. The molecule has 0 unspecified atom stereocenters. The summed E-state index contributed by atoms with van der Waals surface area (Å²) in [5.41, 5.74) is 4.73. The lowest BCUT2D eigenvalue weighted by atomic mass is 9.91. The molecular formula is C18H19N3O. The Bertz CT molecular complexity index is 748. The van der Waals surface area contributed by atoms with E-state index in [-0.39, 0.29) is 11.7 Å². The van der Waals surface area contributed by atoms with Gasteiger partial charge in [0.05, 0.1) is 35.1 Å². The molecule has 1 aliphatic carbocycles. The summed E-state index contributed by atoms with van der Waals surface area (Å²) in [7, 11) is 0. The number of ketones is 1. The first-order valence-electron chi connectivity index (χ1n) is 7.73. The van der Waals surface area contributed by atoms with Gasteiger partial charge in [-0.05, 0) is 36.5 Å². The summed E-state index contributed by atoms with van der Waals surface area (Å²) in [6.07, 6.45) is 2.81. The predicted molar refractivity (Wildman–Crippen MR) is 84.2 cm³/mol. The van der Waals surface area contributed by atoms with E-state index in [1.54, 1.807) is 0 Å². The number of aromatic nitrogens is 2. The van der Waals surface area contributed by atoms with Gasteiger partial charge in [-0.15, -0.1) is 0 Å². The first-order chi connectivity index (χ1) is 10.6. The highest BCUT2D eigenvalue weighted by Crippen LogP contribution is 2.30. The molecule has 0 atom stereocenters. The monoisotopic (exact) mass is 293 g/mol. The maximum absolute atomic E-state index is 12.3. The molecule has 4 heteroatoms. The number of carbonyl (C=O) groups is 1. The minimum atomic E-state index is 0.220. The zero-order valence-corrected chi connectivity index (χ0v) is 13.0. The van der Waals surface area contributed by atoms with E-state index in [9.17, 15) is 4.79 Å². The van der Waals surface area contributed by atoms with Gasteiger partial charge in [0.15, 0.2) is 5.78 Å². The smallest absolute Gasteiger partial charge is 0.166 e. The molecule has 112 valence electrons. The Morgan fingerprint density at radius 1 is 1.27 bits per heavy atom. The SMILES string of the molecule is CC(C)c1nn(-c2ccc(CC#N)cc2)c2c1C(=O)CCC2. The lowest BCUT2D eigenvalue weighted by Gasteiger charge is -2.14. The molecule has 1 aromatic heterocycles. The minimum absolute atomic E-state index is 0.220. The van der Waals surface area contributed by atoms with E-state index in [4.69, 9.17) is 10.4 Å².